The van der Waals surface area contributed by atoms with Crippen LogP contribution in [0.15, 0.2) is 21.1 Å². The van der Waals surface area contributed by atoms with Gasteiger partial charge < -0.3 is 10.8 Å². The highest BCUT2D eigenvalue weighted by Gasteiger charge is 2.09. The van der Waals surface area contributed by atoms with Crippen LogP contribution in [-0.2, 0) is 4.79 Å². The highest BCUT2D eigenvalue weighted by molar-refractivity contribution is 9.11. The average Bonchev–Trinajstić information content (AvgIpc) is 2.18. The Bertz CT molecular complexity index is 442. The van der Waals surface area contributed by atoms with E-state index in [1.165, 1.54) is 12.2 Å². The largest absolute Gasteiger partial charge is 0.506 e. The van der Waals surface area contributed by atoms with E-state index in [-0.39, 0.29) is 5.75 Å². The van der Waals surface area contributed by atoms with Gasteiger partial charge in [0.2, 0.25) is 5.91 Å². The van der Waals surface area contributed by atoms with Crippen molar-refractivity contribution in [2.24, 2.45) is 5.73 Å². The van der Waals surface area contributed by atoms with E-state index in [4.69, 9.17) is 5.73 Å². The van der Waals surface area contributed by atoms with Crippen LogP contribution >= 0.6 is 31.9 Å². The molecule has 1 amide bonds. The number of primary amides is 1. The number of carbonyl (C=O) groups excluding carboxylic acids is 1. The van der Waals surface area contributed by atoms with E-state index < -0.39 is 5.91 Å². The van der Waals surface area contributed by atoms with Crippen LogP contribution in [0.1, 0.15) is 11.1 Å². The third-order valence-corrected chi connectivity index (χ3v) is 3.67. The maximum Gasteiger partial charge on any atom is 0.241 e. The molecule has 0 spiro atoms. The molecule has 80 valence electrons. The summed E-state index contributed by atoms with van der Waals surface area (Å²) in [5, 5.41) is 9.74. The van der Waals surface area contributed by atoms with E-state index in [0.717, 1.165) is 10.0 Å². The van der Waals surface area contributed by atoms with Crippen molar-refractivity contribution in [2.75, 3.05) is 0 Å². The summed E-state index contributed by atoms with van der Waals surface area (Å²) in [7, 11) is 0. The van der Waals surface area contributed by atoms with Crippen molar-refractivity contribution in [1.82, 2.24) is 0 Å². The molecule has 1 rings (SSSR count). The van der Waals surface area contributed by atoms with Crippen molar-refractivity contribution in [3.63, 3.8) is 0 Å². The molecule has 0 aliphatic heterocycles. The molecular weight excluding hydrogens is 326 g/mol. The number of benzene rings is 1. The van der Waals surface area contributed by atoms with Crippen molar-refractivity contribution >= 4 is 43.8 Å². The van der Waals surface area contributed by atoms with Crippen LogP contribution in [0.25, 0.3) is 6.08 Å². The average molecular weight is 335 g/mol. The first kappa shape index (κ1) is 12.3. The number of phenols is 1. The number of rotatable bonds is 2. The molecule has 0 bridgehead atoms. The van der Waals surface area contributed by atoms with Crippen LogP contribution in [0.2, 0.25) is 0 Å². The van der Waals surface area contributed by atoms with Crippen LogP contribution < -0.4 is 5.73 Å². The highest BCUT2D eigenvalue weighted by atomic mass is 79.9. The van der Waals surface area contributed by atoms with Gasteiger partial charge in [0.25, 0.3) is 0 Å². The predicted molar refractivity (Wildman–Crippen MR) is 66.5 cm³/mol. The molecule has 0 unspecified atom stereocenters. The molecule has 0 atom stereocenters. The molecule has 1 aromatic rings. The zero-order valence-electron chi connectivity index (χ0n) is 7.92. The summed E-state index contributed by atoms with van der Waals surface area (Å²) in [4.78, 5) is 10.6. The van der Waals surface area contributed by atoms with Gasteiger partial charge in [-0.05, 0) is 40.6 Å². The first-order chi connectivity index (χ1) is 6.93. The topological polar surface area (TPSA) is 63.3 Å². The second-order valence-corrected chi connectivity index (χ2v) is 4.62. The number of carbonyl (C=O) groups is 1. The zero-order chi connectivity index (χ0) is 11.6. The number of nitrogens with two attached hydrogens (primary N) is 1. The molecular formula is C10H9Br2NO2. The number of amides is 1. The molecule has 0 aromatic heterocycles. The minimum absolute atomic E-state index is 0.0909. The SMILES string of the molecule is Cc1c(Br)cc(/C=C\C(N)=O)c(O)c1Br. The van der Waals surface area contributed by atoms with E-state index >= 15 is 0 Å². The Morgan fingerprint density at radius 1 is 1.53 bits per heavy atom. The van der Waals surface area contributed by atoms with Gasteiger partial charge in [0.1, 0.15) is 5.75 Å². The van der Waals surface area contributed by atoms with Gasteiger partial charge in [-0.1, -0.05) is 15.9 Å². The van der Waals surface area contributed by atoms with E-state index in [0.29, 0.717) is 10.0 Å². The van der Waals surface area contributed by atoms with Crippen LogP contribution in [-0.4, -0.2) is 11.0 Å². The summed E-state index contributed by atoms with van der Waals surface area (Å²) < 4.78 is 1.44. The first-order valence-corrected chi connectivity index (χ1v) is 5.67. The lowest BCUT2D eigenvalue weighted by Gasteiger charge is -2.07. The van der Waals surface area contributed by atoms with Gasteiger partial charge in [-0.25, -0.2) is 0 Å². The Kier molecular flexibility index (Phi) is 3.93. The Morgan fingerprint density at radius 2 is 2.13 bits per heavy atom. The fourth-order valence-electron chi connectivity index (χ4n) is 1.02. The van der Waals surface area contributed by atoms with Crippen LogP contribution in [0, 0.1) is 6.92 Å². The van der Waals surface area contributed by atoms with Crippen LogP contribution in [0.4, 0.5) is 0 Å². The Hall–Kier alpha value is -0.810. The van der Waals surface area contributed by atoms with Crippen molar-refractivity contribution in [3.8, 4) is 5.75 Å². The van der Waals surface area contributed by atoms with E-state index in [1.807, 2.05) is 6.92 Å². The summed E-state index contributed by atoms with van der Waals surface area (Å²) >= 11 is 6.60. The molecule has 1 aromatic carbocycles. The maximum atomic E-state index is 10.6. The minimum Gasteiger partial charge on any atom is -0.506 e. The van der Waals surface area contributed by atoms with E-state index in [2.05, 4.69) is 31.9 Å². The van der Waals surface area contributed by atoms with E-state index in [9.17, 15) is 9.90 Å². The van der Waals surface area contributed by atoms with Crippen molar-refractivity contribution in [2.45, 2.75) is 6.92 Å². The molecule has 0 saturated carbocycles. The van der Waals surface area contributed by atoms with Gasteiger partial charge in [-0.15, -0.1) is 0 Å². The lowest BCUT2D eigenvalue weighted by molar-refractivity contribution is -0.113. The fourth-order valence-corrected chi connectivity index (χ4v) is 2.17. The van der Waals surface area contributed by atoms with Crippen LogP contribution in [0.3, 0.4) is 0 Å². The smallest absolute Gasteiger partial charge is 0.241 e. The van der Waals surface area contributed by atoms with Crippen LogP contribution in [0.5, 0.6) is 5.75 Å². The normalized spacial score (nSPS) is 10.9. The molecule has 0 fully saturated rings. The zero-order valence-corrected chi connectivity index (χ0v) is 11.1. The molecule has 0 aliphatic carbocycles. The van der Waals surface area contributed by atoms with Gasteiger partial charge in [0.05, 0.1) is 4.47 Å². The quantitative estimate of drug-likeness (QED) is 0.817. The molecule has 0 aliphatic rings. The number of hydrogen-bond donors (Lipinski definition) is 2. The highest BCUT2D eigenvalue weighted by Crippen LogP contribution is 2.36. The Balaban J connectivity index is 3.26. The van der Waals surface area contributed by atoms with Gasteiger partial charge >= 0.3 is 0 Å². The number of hydrogen-bond acceptors (Lipinski definition) is 2. The second kappa shape index (κ2) is 4.81. The maximum absolute atomic E-state index is 10.6. The second-order valence-electron chi connectivity index (χ2n) is 2.97. The van der Waals surface area contributed by atoms with Gasteiger partial charge in [0, 0.05) is 16.1 Å². The fraction of sp³-hybridized carbons (Fsp3) is 0.100. The third-order valence-electron chi connectivity index (χ3n) is 1.88. The van der Waals surface area contributed by atoms with Crippen molar-refractivity contribution in [3.05, 3.63) is 32.2 Å². The minimum atomic E-state index is -0.554. The number of aromatic hydroxyl groups is 1. The lowest BCUT2D eigenvalue weighted by atomic mass is 10.1. The Labute approximate surface area is 104 Å². The molecule has 3 nitrogen and oxygen atoms in total. The molecule has 0 radical (unpaired) electrons. The summed E-state index contributed by atoms with van der Waals surface area (Å²) in [6, 6.07) is 1.72. The monoisotopic (exact) mass is 333 g/mol. The summed E-state index contributed by atoms with van der Waals surface area (Å²) in [6.07, 6.45) is 2.66. The molecule has 0 saturated heterocycles. The molecule has 15 heavy (non-hydrogen) atoms. The van der Waals surface area contributed by atoms with Crippen molar-refractivity contribution < 1.29 is 9.90 Å². The Morgan fingerprint density at radius 3 is 2.67 bits per heavy atom. The van der Waals surface area contributed by atoms with E-state index in [1.54, 1.807) is 6.07 Å². The molecule has 5 heteroatoms. The number of halogens is 2. The van der Waals surface area contributed by atoms with Gasteiger partial charge in [-0.3, -0.25) is 4.79 Å². The molecule has 0 heterocycles. The third kappa shape index (κ3) is 2.82. The van der Waals surface area contributed by atoms with Crippen molar-refractivity contribution in [1.29, 1.82) is 0 Å². The summed E-state index contributed by atoms with van der Waals surface area (Å²) in [5.41, 5.74) is 6.38. The summed E-state index contributed by atoms with van der Waals surface area (Å²) in [5.74, 6) is -0.463. The molecule has 3 N–H and O–H groups in total. The first-order valence-electron chi connectivity index (χ1n) is 4.08. The predicted octanol–water partition coefficient (Wildman–Crippen LogP) is 2.72. The lowest BCUT2D eigenvalue weighted by Crippen LogP contribution is -2.05. The summed E-state index contributed by atoms with van der Waals surface area (Å²) in [6.45, 7) is 1.86. The number of phenolic OH excluding ortho intramolecular Hbond substituents is 1. The van der Waals surface area contributed by atoms with Gasteiger partial charge in [-0.2, -0.15) is 0 Å². The standard InChI is InChI=1S/C10H9Br2NO2/c1-5-7(11)4-6(2-3-8(13)14)10(15)9(5)12/h2-4,15H,1H3,(H2,13,14)/b3-2-. The van der Waals surface area contributed by atoms with Gasteiger partial charge in [0.15, 0.2) is 0 Å².